The molecule has 2 heteroatoms. The molecule has 1 aliphatic heterocycles. The Labute approximate surface area is 124 Å². The zero-order valence-electron chi connectivity index (χ0n) is 13.6. The Balaban J connectivity index is 2.24. The molecule has 112 valence electrons. The van der Waals surface area contributed by atoms with E-state index >= 15 is 0 Å². The molecule has 0 spiro atoms. The largest absolute Gasteiger partial charge is 0.314 e. The molecule has 1 aromatic rings. The maximum absolute atomic E-state index is 3.47. The van der Waals surface area contributed by atoms with Gasteiger partial charge in [-0.2, -0.15) is 0 Å². The summed E-state index contributed by atoms with van der Waals surface area (Å²) in [6.07, 6.45) is 2.59. The summed E-state index contributed by atoms with van der Waals surface area (Å²) < 4.78 is 0. The van der Waals surface area contributed by atoms with E-state index in [4.69, 9.17) is 0 Å². The average Bonchev–Trinajstić information content (AvgIpc) is 2.42. The van der Waals surface area contributed by atoms with E-state index in [0.29, 0.717) is 6.04 Å². The highest BCUT2D eigenvalue weighted by Crippen LogP contribution is 2.32. The Morgan fingerprint density at radius 2 is 1.65 bits per heavy atom. The molecule has 0 aromatic heterocycles. The van der Waals surface area contributed by atoms with Crippen molar-refractivity contribution >= 4 is 0 Å². The van der Waals surface area contributed by atoms with Crippen molar-refractivity contribution in [3.8, 4) is 0 Å². The number of nitrogens with one attached hydrogen (secondary N) is 1. The average molecular weight is 274 g/mol. The van der Waals surface area contributed by atoms with Gasteiger partial charge in [0.2, 0.25) is 0 Å². The van der Waals surface area contributed by atoms with E-state index in [1.54, 1.807) is 5.56 Å². The maximum atomic E-state index is 3.47. The van der Waals surface area contributed by atoms with Crippen LogP contribution in [0.2, 0.25) is 0 Å². The van der Waals surface area contributed by atoms with Crippen molar-refractivity contribution in [3.63, 3.8) is 0 Å². The van der Waals surface area contributed by atoms with Crippen LogP contribution in [-0.4, -0.2) is 31.1 Å². The molecule has 2 rings (SSSR count). The van der Waals surface area contributed by atoms with Crippen LogP contribution in [0.25, 0.3) is 0 Å². The Bertz CT molecular complexity index is 399. The van der Waals surface area contributed by atoms with Crippen molar-refractivity contribution in [2.24, 2.45) is 5.92 Å². The summed E-state index contributed by atoms with van der Waals surface area (Å²) in [5.74, 6) is 0.782. The van der Waals surface area contributed by atoms with Crippen LogP contribution in [0.15, 0.2) is 18.2 Å². The fraction of sp³-hybridized carbons (Fsp3) is 0.667. The van der Waals surface area contributed by atoms with Crippen LogP contribution in [-0.2, 0) is 0 Å². The van der Waals surface area contributed by atoms with Gasteiger partial charge < -0.3 is 5.32 Å². The molecule has 0 aliphatic carbocycles. The Morgan fingerprint density at radius 3 is 2.20 bits per heavy atom. The second-order valence-corrected chi connectivity index (χ2v) is 6.58. The van der Waals surface area contributed by atoms with Crippen LogP contribution in [0.1, 0.15) is 49.4 Å². The van der Waals surface area contributed by atoms with Gasteiger partial charge in [0.1, 0.15) is 0 Å². The monoisotopic (exact) mass is 274 g/mol. The lowest BCUT2D eigenvalue weighted by atomic mass is 9.90. The van der Waals surface area contributed by atoms with Gasteiger partial charge in [-0.05, 0) is 49.3 Å². The zero-order chi connectivity index (χ0) is 14.5. The normalized spacial score (nSPS) is 18.4. The molecule has 1 N–H and O–H groups in total. The quantitative estimate of drug-likeness (QED) is 0.881. The number of benzene rings is 1. The van der Waals surface area contributed by atoms with E-state index in [2.05, 4.69) is 56.1 Å². The lowest BCUT2D eigenvalue weighted by molar-refractivity contribution is 0.159. The predicted octanol–water partition coefficient (Wildman–Crippen LogP) is 3.69. The van der Waals surface area contributed by atoms with Crippen LogP contribution in [0, 0.1) is 19.8 Å². The topological polar surface area (TPSA) is 15.3 Å². The summed E-state index contributed by atoms with van der Waals surface area (Å²) in [5, 5.41) is 3.47. The van der Waals surface area contributed by atoms with Crippen molar-refractivity contribution in [3.05, 3.63) is 34.9 Å². The number of aryl methyl sites for hydroxylation is 2. The van der Waals surface area contributed by atoms with Gasteiger partial charge in [-0.25, -0.2) is 0 Å². The van der Waals surface area contributed by atoms with Gasteiger partial charge in [0.15, 0.2) is 0 Å². The van der Waals surface area contributed by atoms with Gasteiger partial charge in [0.25, 0.3) is 0 Å². The molecule has 0 saturated carbocycles. The van der Waals surface area contributed by atoms with Crippen molar-refractivity contribution < 1.29 is 0 Å². The number of nitrogens with zero attached hydrogens (tertiary/aromatic N) is 1. The Hall–Kier alpha value is -0.860. The molecule has 0 radical (unpaired) electrons. The molecular formula is C18H30N2. The fourth-order valence-corrected chi connectivity index (χ4v) is 3.35. The molecule has 0 bridgehead atoms. The third-order valence-corrected chi connectivity index (χ3v) is 4.49. The van der Waals surface area contributed by atoms with Gasteiger partial charge >= 0.3 is 0 Å². The highest BCUT2D eigenvalue weighted by molar-refractivity contribution is 5.36. The van der Waals surface area contributed by atoms with E-state index in [1.165, 1.54) is 37.1 Å². The molecular weight excluding hydrogens is 244 g/mol. The zero-order valence-corrected chi connectivity index (χ0v) is 13.6. The van der Waals surface area contributed by atoms with E-state index < -0.39 is 0 Å². The van der Waals surface area contributed by atoms with Gasteiger partial charge in [-0.15, -0.1) is 0 Å². The summed E-state index contributed by atoms with van der Waals surface area (Å²) >= 11 is 0. The lowest BCUT2D eigenvalue weighted by Crippen LogP contribution is -2.45. The predicted molar refractivity (Wildman–Crippen MR) is 87.2 cm³/mol. The van der Waals surface area contributed by atoms with Gasteiger partial charge in [-0.1, -0.05) is 32.0 Å². The first-order chi connectivity index (χ1) is 9.59. The van der Waals surface area contributed by atoms with Crippen LogP contribution in [0.5, 0.6) is 0 Å². The minimum atomic E-state index is 0.598. The van der Waals surface area contributed by atoms with E-state index in [0.717, 1.165) is 19.0 Å². The number of piperazine rings is 1. The third-order valence-electron chi connectivity index (χ3n) is 4.49. The number of hydrogen-bond donors (Lipinski definition) is 1. The number of hydrogen-bond acceptors (Lipinski definition) is 2. The first-order valence-electron chi connectivity index (χ1n) is 8.10. The highest BCUT2D eigenvalue weighted by Gasteiger charge is 2.24. The molecule has 1 saturated heterocycles. The molecule has 1 aliphatic rings. The molecule has 1 fully saturated rings. The first kappa shape index (κ1) is 15.5. The summed E-state index contributed by atoms with van der Waals surface area (Å²) in [6, 6.07) is 7.33. The summed E-state index contributed by atoms with van der Waals surface area (Å²) in [6.45, 7) is 13.8. The molecule has 0 amide bonds. The van der Waals surface area contributed by atoms with Crippen LogP contribution >= 0.6 is 0 Å². The van der Waals surface area contributed by atoms with E-state index in [1.807, 2.05) is 0 Å². The van der Waals surface area contributed by atoms with Gasteiger partial charge in [0.05, 0.1) is 0 Å². The van der Waals surface area contributed by atoms with Crippen molar-refractivity contribution in [2.45, 2.75) is 46.6 Å². The maximum Gasteiger partial charge on any atom is 0.0354 e. The minimum absolute atomic E-state index is 0.598. The van der Waals surface area contributed by atoms with Crippen LogP contribution < -0.4 is 5.32 Å². The second-order valence-electron chi connectivity index (χ2n) is 6.58. The molecule has 1 aromatic carbocycles. The summed E-state index contributed by atoms with van der Waals surface area (Å²) in [4.78, 5) is 2.69. The van der Waals surface area contributed by atoms with Crippen molar-refractivity contribution in [2.75, 3.05) is 26.2 Å². The standard InChI is InChI=1S/C18H30N2/c1-14(2)8-9-17(20-12-10-19-11-13-20)18-15(3)6-5-7-16(18)4/h5-7,14,17,19H,8-13H2,1-4H3/t17-/m1/s1. The molecule has 1 atom stereocenters. The fourth-order valence-electron chi connectivity index (χ4n) is 3.35. The highest BCUT2D eigenvalue weighted by atomic mass is 15.2. The van der Waals surface area contributed by atoms with Crippen molar-refractivity contribution in [1.29, 1.82) is 0 Å². The molecule has 20 heavy (non-hydrogen) atoms. The minimum Gasteiger partial charge on any atom is -0.314 e. The van der Waals surface area contributed by atoms with Crippen molar-refractivity contribution in [1.82, 2.24) is 10.2 Å². The van der Waals surface area contributed by atoms with E-state index in [9.17, 15) is 0 Å². The molecule has 2 nitrogen and oxygen atoms in total. The van der Waals surface area contributed by atoms with Crippen LogP contribution in [0.3, 0.4) is 0 Å². The summed E-state index contributed by atoms with van der Waals surface area (Å²) in [5.41, 5.74) is 4.49. The first-order valence-corrected chi connectivity index (χ1v) is 8.10. The lowest BCUT2D eigenvalue weighted by Gasteiger charge is -2.37. The third kappa shape index (κ3) is 3.83. The Morgan fingerprint density at radius 1 is 1.05 bits per heavy atom. The SMILES string of the molecule is Cc1cccc(C)c1[C@@H](CCC(C)C)N1CCNCC1. The van der Waals surface area contributed by atoms with Gasteiger partial charge in [0, 0.05) is 32.2 Å². The van der Waals surface area contributed by atoms with Gasteiger partial charge in [-0.3, -0.25) is 4.90 Å². The Kier molecular flexibility index (Phi) is 5.62. The second kappa shape index (κ2) is 7.24. The number of rotatable bonds is 5. The molecule has 1 heterocycles. The summed E-state index contributed by atoms with van der Waals surface area (Å²) in [7, 11) is 0. The smallest absolute Gasteiger partial charge is 0.0354 e. The van der Waals surface area contributed by atoms with E-state index in [-0.39, 0.29) is 0 Å². The molecule has 0 unspecified atom stereocenters. The van der Waals surface area contributed by atoms with Crippen LogP contribution in [0.4, 0.5) is 0 Å².